The average Bonchev–Trinajstić information content (AvgIpc) is 3.57. The van der Waals surface area contributed by atoms with Crippen LogP contribution in [0, 0.1) is 5.92 Å². The van der Waals surface area contributed by atoms with E-state index < -0.39 is 29.9 Å². The molecular weight excluding hydrogens is 673 g/mol. The van der Waals surface area contributed by atoms with E-state index >= 15 is 0 Å². The number of ether oxygens (including phenoxy) is 2. The fourth-order valence-electron chi connectivity index (χ4n) is 6.01. The van der Waals surface area contributed by atoms with E-state index in [1.54, 1.807) is 4.90 Å². The highest BCUT2D eigenvalue weighted by molar-refractivity contribution is 5.89. The summed E-state index contributed by atoms with van der Waals surface area (Å²) >= 11 is 0. The number of aromatic carboxylic acids is 1. The van der Waals surface area contributed by atoms with Crippen LogP contribution < -0.4 is 20.9 Å². The number of carboxylic acids is 1. The summed E-state index contributed by atoms with van der Waals surface area (Å²) in [5, 5.41) is 13.3. The van der Waals surface area contributed by atoms with Gasteiger partial charge in [0.1, 0.15) is 12.1 Å². The molecule has 17 heteroatoms. The van der Waals surface area contributed by atoms with E-state index in [0.717, 1.165) is 39.7 Å². The molecule has 0 spiro atoms. The van der Waals surface area contributed by atoms with Gasteiger partial charge in [-0.2, -0.15) is 18.3 Å². The predicted molar refractivity (Wildman–Crippen MR) is 184 cm³/mol. The number of carbonyl (C=O) groups is 2. The molecule has 1 amide bonds. The topological polar surface area (TPSA) is 163 Å². The number of nitrogens with zero attached hydrogens (tertiary/aromatic N) is 7. The van der Waals surface area contributed by atoms with Crippen molar-refractivity contribution in [3.63, 3.8) is 0 Å². The lowest BCUT2D eigenvalue weighted by molar-refractivity contribution is -0.143. The molecule has 0 unspecified atom stereocenters. The third-order valence-electron chi connectivity index (χ3n) is 8.47. The average molecular weight is 717 g/mol. The van der Waals surface area contributed by atoms with Crippen LogP contribution in [0.5, 0.6) is 5.88 Å². The van der Waals surface area contributed by atoms with Gasteiger partial charge in [0.05, 0.1) is 40.5 Å². The van der Waals surface area contributed by atoms with Gasteiger partial charge in [0.25, 0.3) is 5.56 Å². The third-order valence-corrected chi connectivity index (χ3v) is 8.47. The third kappa shape index (κ3) is 8.93. The summed E-state index contributed by atoms with van der Waals surface area (Å²) in [6.07, 6.45) is -1.68. The van der Waals surface area contributed by atoms with Crippen LogP contribution >= 0.6 is 0 Å². The maximum Gasteiger partial charge on any atom is 0.410 e. The molecule has 1 aliphatic rings. The number of aromatic nitrogens is 5. The van der Waals surface area contributed by atoms with Crippen molar-refractivity contribution in [2.45, 2.75) is 65.4 Å². The minimum Gasteiger partial charge on any atom is -0.478 e. The highest BCUT2D eigenvalue weighted by Crippen LogP contribution is 2.32. The maximum atomic E-state index is 13.4. The van der Waals surface area contributed by atoms with Gasteiger partial charge in [-0.05, 0) is 63.8 Å². The Kier molecular flexibility index (Phi) is 10.6. The number of fused-ring (bicyclic) bond motifs is 1. The van der Waals surface area contributed by atoms with Crippen molar-refractivity contribution in [3.05, 3.63) is 52.6 Å². The Morgan fingerprint density at radius 2 is 1.78 bits per heavy atom. The Hall–Kier alpha value is -5.22. The Bertz CT molecular complexity index is 1950. The molecule has 4 heterocycles. The van der Waals surface area contributed by atoms with Crippen molar-refractivity contribution in [3.8, 4) is 17.0 Å². The summed E-state index contributed by atoms with van der Waals surface area (Å²) in [6.45, 7) is 8.94. The summed E-state index contributed by atoms with van der Waals surface area (Å²) in [5.41, 5.74) is 7.34. The molecule has 0 aliphatic carbocycles. The highest BCUT2D eigenvalue weighted by atomic mass is 19.4. The molecule has 1 fully saturated rings. The number of hydrogen-bond donors (Lipinski definition) is 2. The molecule has 1 aromatic carbocycles. The van der Waals surface area contributed by atoms with Gasteiger partial charge in [-0.3, -0.25) is 4.79 Å². The molecule has 1 atom stereocenters. The van der Waals surface area contributed by atoms with Crippen LogP contribution in [0.4, 0.5) is 29.6 Å². The number of halogens is 3. The number of rotatable bonds is 11. The normalized spacial score (nSPS) is 14.6. The van der Waals surface area contributed by atoms with Gasteiger partial charge < -0.3 is 39.2 Å². The molecule has 0 radical (unpaired) electrons. The van der Waals surface area contributed by atoms with Crippen LogP contribution in [0.2, 0.25) is 0 Å². The van der Waals surface area contributed by atoms with Crippen molar-refractivity contribution >= 4 is 34.7 Å². The zero-order chi connectivity index (χ0) is 37.2. The lowest BCUT2D eigenvalue weighted by atomic mass is 10.1. The Morgan fingerprint density at radius 1 is 1.08 bits per heavy atom. The standard InChI is InChI=1S/C34H43F3N8O6/c1-21(7-6-14-50-29-25(17-39-45(29)20-34(35,36)37)24-15-22(30(47)48)19-41(5)28(24)46)18-44-27-16-23(8-9-26(27)40-31(44)38)42-10-12-43(13-11-42)32(49)51-33(2,3)4/h8-9,15-17,19,21H,6-7,10-14,18,20H2,1-5H3,(H2,38,40)(H,47,48)/t21-/m1/s1. The van der Waals surface area contributed by atoms with Crippen molar-refractivity contribution < 1.29 is 37.3 Å². The summed E-state index contributed by atoms with van der Waals surface area (Å²) in [5.74, 6) is -1.16. The number of pyridine rings is 1. The minimum absolute atomic E-state index is 0.0133. The number of hydrogen-bond acceptors (Lipinski definition) is 9. The lowest BCUT2D eigenvalue weighted by Crippen LogP contribution is -2.50. The molecule has 3 N–H and O–H groups in total. The van der Waals surface area contributed by atoms with Gasteiger partial charge in [0, 0.05) is 51.7 Å². The van der Waals surface area contributed by atoms with Crippen LogP contribution in [0.15, 0.2) is 41.5 Å². The quantitative estimate of drug-likeness (QED) is 0.202. The van der Waals surface area contributed by atoms with Gasteiger partial charge in [0.15, 0.2) is 0 Å². The van der Waals surface area contributed by atoms with Gasteiger partial charge in [-0.25, -0.2) is 19.3 Å². The fourth-order valence-corrected chi connectivity index (χ4v) is 6.01. The van der Waals surface area contributed by atoms with Crippen molar-refractivity contribution in [2.75, 3.05) is 43.4 Å². The summed E-state index contributed by atoms with van der Waals surface area (Å²) in [4.78, 5) is 45.4. The number of carbonyl (C=O) groups excluding carboxylic acids is 1. The largest absolute Gasteiger partial charge is 0.478 e. The van der Waals surface area contributed by atoms with E-state index in [4.69, 9.17) is 15.2 Å². The number of aryl methyl sites for hydroxylation is 1. The Morgan fingerprint density at radius 3 is 2.43 bits per heavy atom. The van der Waals surface area contributed by atoms with Crippen LogP contribution in [0.1, 0.15) is 50.9 Å². The van der Waals surface area contributed by atoms with Crippen LogP contribution in [-0.4, -0.2) is 90.5 Å². The Labute approximate surface area is 292 Å². The second-order valence-corrected chi connectivity index (χ2v) is 13.8. The number of anilines is 2. The number of alkyl halides is 3. The molecule has 0 bridgehead atoms. The maximum absolute atomic E-state index is 13.4. The molecule has 276 valence electrons. The predicted octanol–water partition coefficient (Wildman–Crippen LogP) is 4.99. The van der Waals surface area contributed by atoms with E-state index in [2.05, 4.69) is 15.0 Å². The van der Waals surface area contributed by atoms with Crippen LogP contribution in [-0.2, 0) is 24.9 Å². The highest BCUT2D eigenvalue weighted by Gasteiger charge is 2.32. The van der Waals surface area contributed by atoms with Crippen molar-refractivity contribution in [1.29, 1.82) is 0 Å². The van der Waals surface area contributed by atoms with Gasteiger partial charge in [-0.15, -0.1) is 0 Å². The molecular formula is C34H43F3N8O6. The van der Waals surface area contributed by atoms with E-state index in [0.29, 0.717) is 56.2 Å². The van der Waals surface area contributed by atoms with E-state index in [1.165, 1.54) is 7.05 Å². The number of imidazole rings is 1. The van der Waals surface area contributed by atoms with Crippen molar-refractivity contribution in [2.24, 2.45) is 13.0 Å². The zero-order valence-corrected chi connectivity index (χ0v) is 29.2. The lowest BCUT2D eigenvalue weighted by Gasteiger charge is -2.36. The molecule has 1 saturated heterocycles. The van der Waals surface area contributed by atoms with Crippen LogP contribution in [0.25, 0.3) is 22.2 Å². The number of piperazine rings is 1. The molecule has 5 rings (SSSR count). The van der Waals surface area contributed by atoms with Gasteiger partial charge >= 0.3 is 18.2 Å². The minimum atomic E-state index is -4.62. The van der Waals surface area contributed by atoms with E-state index in [1.807, 2.05) is 50.5 Å². The second-order valence-electron chi connectivity index (χ2n) is 13.8. The summed E-state index contributed by atoms with van der Waals surface area (Å²) in [7, 11) is 1.35. The summed E-state index contributed by atoms with van der Waals surface area (Å²) in [6, 6.07) is 7.03. The SMILES string of the molecule is C[C@H](CCCOc1c(-c2cc(C(=O)O)cn(C)c2=O)cnn1CC(F)(F)F)Cn1c(N)nc2ccc(N3CCN(C(=O)OC(C)(C)C)CC3)cc21. The first-order chi connectivity index (χ1) is 23.9. The smallest absolute Gasteiger partial charge is 0.410 e. The number of nitrogen functional groups attached to an aromatic ring is 1. The monoisotopic (exact) mass is 716 g/mol. The zero-order valence-electron chi connectivity index (χ0n) is 29.2. The molecule has 1 aliphatic heterocycles. The van der Waals surface area contributed by atoms with Gasteiger partial charge in [0.2, 0.25) is 11.8 Å². The fraction of sp³-hybridized carbons (Fsp3) is 0.500. The molecule has 4 aromatic rings. The first-order valence-corrected chi connectivity index (χ1v) is 16.6. The van der Waals surface area contributed by atoms with E-state index in [9.17, 15) is 32.7 Å². The Balaban J connectivity index is 1.24. The number of amides is 1. The van der Waals surface area contributed by atoms with Gasteiger partial charge in [-0.1, -0.05) is 6.92 Å². The van der Waals surface area contributed by atoms with E-state index in [-0.39, 0.29) is 41.2 Å². The second kappa shape index (κ2) is 14.6. The number of nitrogens with two attached hydrogens (primary N) is 1. The molecule has 0 saturated carbocycles. The first-order valence-electron chi connectivity index (χ1n) is 16.6. The number of benzene rings is 1. The molecule has 51 heavy (non-hydrogen) atoms. The van der Waals surface area contributed by atoms with Crippen molar-refractivity contribution in [1.82, 2.24) is 28.8 Å². The van der Waals surface area contributed by atoms with Crippen LogP contribution in [0.3, 0.4) is 0 Å². The summed E-state index contributed by atoms with van der Waals surface area (Å²) < 4.78 is 55.1. The molecule has 3 aromatic heterocycles. The first kappa shape index (κ1) is 37.0. The number of carboxylic acid groups (broad SMARTS) is 1. The molecule has 14 nitrogen and oxygen atoms in total.